The monoisotopic (exact) mass is 479 g/mol. The lowest BCUT2D eigenvalue weighted by Gasteiger charge is -2.57. The highest BCUT2D eigenvalue weighted by Crippen LogP contribution is 2.67. The molecule has 0 aromatic carbocycles. The largest absolute Gasteiger partial charge is 0.756 e. The normalized spacial score (nSPS) is 41.7. The maximum Gasteiger partial charge on any atom is 0.268 e. The summed E-state index contributed by atoms with van der Waals surface area (Å²) in [6, 6.07) is 0. The molecule has 4 aliphatic rings. The van der Waals surface area contributed by atoms with Crippen molar-refractivity contribution in [1.29, 1.82) is 0 Å². The maximum atomic E-state index is 12.7. The zero-order valence-corrected chi connectivity index (χ0v) is 22.2. The Hall–Kier alpha value is -0.780. The van der Waals surface area contributed by atoms with Crippen LogP contribution >= 0.6 is 7.82 Å². The molecule has 0 radical (unpaired) electrons. The van der Waals surface area contributed by atoms with Gasteiger partial charge in [-0.15, -0.1) is 0 Å². The van der Waals surface area contributed by atoms with Crippen molar-refractivity contribution in [2.45, 2.75) is 71.8 Å². The first kappa shape index (κ1) is 25.3. The summed E-state index contributed by atoms with van der Waals surface area (Å²) in [5.41, 5.74) is 2.55. The molecule has 0 aliphatic heterocycles. The Morgan fingerprint density at radius 1 is 1.15 bits per heavy atom. The average Bonchev–Trinajstić information content (AvgIpc) is 2.97. The summed E-state index contributed by atoms with van der Waals surface area (Å²) < 4.78 is 24.3. The predicted molar refractivity (Wildman–Crippen MR) is 127 cm³/mol. The van der Waals surface area contributed by atoms with Crippen LogP contribution in [0.2, 0.25) is 0 Å². The SMILES string of the molecule is C/C=C1\C(OP(=O)([O-])OCC[N+](C)(C)C)CC2C3CCC4=CC(=O)CC[C@]4(C)C3CC[C@]12C. The maximum absolute atomic E-state index is 12.7. The van der Waals surface area contributed by atoms with E-state index in [1.807, 2.05) is 34.1 Å². The number of phosphoric acid groups is 1. The van der Waals surface area contributed by atoms with Crippen LogP contribution in [0.25, 0.3) is 0 Å². The van der Waals surface area contributed by atoms with Crippen LogP contribution in [0.1, 0.15) is 65.7 Å². The van der Waals surface area contributed by atoms with Gasteiger partial charge in [0.05, 0.1) is 27.2 Å². The molecule has 33 heavy (non-hydrogen) atoms. The van der Waals surface area contributed by atoms with Crippen LogP contribution in [-0.4, -0.2) is 50.7 Å². The van der Waals surface area contributed by atoms with Crippen molar-refractivity contribution >= 4 is 13.6 Å². The fraction of sp³-hybridized carbons (Fsp3) is 0.808. The van der Waals surface area contributed by atoms with Gasteiger partial charge in [-0.3, -0.25) is 9.36 Å². The van der Waals surface area contributed by atoms with Crippen molar-refractivity contribution in [2.24, 2.45) is 28.6 Å². The van der Waals surface area contributed by atoms with Crippen molar-refractivity contribution in [1.82, 2.24) is 0 Å². The molecular weight excluding hydrogens is 437 g/mol. The second-order valence-electron chi connectivity index (χ2n) is 12.3. The van der Waals surface area contributed by atoms with Crippen molar-refractivity contribution in [3.05, 3.63) is 23.3 Å². The van der Waals surface area contributed by atoms with Gasteiger partial charge < -0.3 is 18.4 Å². The summed E-state index contributed by atoms with van der Waals surface area (Å²) in [7, 11) is 1.62. The molecule has 3 fully saturated rings. The third-order valence-electron chi connectivity index (χ3n) is 9.40. The molecule has 0 aromatic heterocycles. The van der Waals surface area contributed by atoms with E-state index in [0.717, 1.165) is 44.1 Å². The fourth-order valence-electron chi connectivity index (χ4n) is 7.63. The number of ketones is 1. The quantitative estimate of drug-likeness (QED) is 0.315. The van der Waals surface area contributed by atoms with E-state index in [1.54, 1.807) is 0 Å². The Morgan fingerprint density at radius 2 is 1.88 bits per heavy atom. The van der Waals surface area contributed by atoms with Gasteiger partial charge in [-0.2, -0.15) is 0 Å². The Morgan fingerprint density at radius 3 is 2.55 bits per heavy atom. The van der Waals surface area contributed by atoms with Gasteiger partial charge in [0.1, 0.15) is 13.2 Å². The minimum Gasteiger partial charge on any atom is -0.756 e. The van der Waals surface area contributed by atoms with Gasteiger partial charge in [-0.1, -0.05) is 25.5 Å². The molecule has 0 aromatic rings. The van der Waals surface area contributed by atoms with Crippen molar-refractivity contribution < 1.29 is 27.8 Å². The summed E-state index contributed by atoms with van der Waals surface area (Å²) in [5.74, 6) is 1.77. The van der Waals surface area contributed by atoms with Gasteiger partial charge in [0.2, 0.25) is 0 Å². The molecule has 0 spiro atoms. The van der Waals surface area contributed by atoms with Crippen LogP contribution in [0.3, 0.4) is 0 Å². The summed E-state index contributed by atoms with van der Waals surface area (Å²) in [5, 5.41) is 0. The van der Waals surface area contributed by atoms with Crippen LogP contribution < -0.4 is 4.89 Å². The van der Waals surface area contributed by atoms with Crippen LogP contribution in [0.5, 0.6) is 0 Å². The number of fused-ring (bicyclic) bond motifs is 5. The molecule has 4 aliphatic carbocycles. The minimum absolute atomic E-state index is 0.0368. The van der Waals surface area contributed by atoms with Gasteiger partial charge in [0.15, 0.2) is 5.78 Å². The lowest BCUT2D eigenvalue weighted by Crippen LogP contribution is -2.49. The standard InChI is InChI=1S/C26H42NO5P/c1-7-21-24(32-33(29,30)31-15-14-27(4,5)6)17-23-20-9-8-18-16-19(28)10-12-25(18,2)22(20)11-13-26(21,23)3/h7,16,20,22-24H,8-15,17H2,1-6H3/b21-7+/t20?,22?,23?,24?,25-,26+/m0/s1. The van der Waals surface area contributed by atoms with Gasteiger partial charge in [0.25, 0.3) is 7.82 Å². The number of allylic oxidation sites excluding steroid dienone is 2. The first-order chi connectivity index (χ1) is 15.3. The number of carbonyl (C=O) groups is 1. The molecule has 7 atom stereocenters. The highest BCUT2D eigenvalue weighted by Gasteiger charge is 2.60. The molecule has 4 rings (SSSR count). The molecule has 0 bridgehead atoms. The number of nitrogens with zero attached hydrogens (tertiary/aromatic N) is 1. The number of hydrogen-bond donors (Lipinski definition) is 0. The molecule has 0 saturated heterocycles. The Labute approximate surface area is 199 Å². The molecule has 7 heteroatoms. The molecule has 6 nitrogen and oxygen atoms in total. The first-order valence-corrected chi connectivity index (χ1v) is 14.1. The first-order valence-electron chi connectivity index (χ1n) is 12.6. The minimum atomic E-state index is -4.39. The van der Waals surface area contributed by atoms with Crippen LogP contribution in [-0.2, 0) is 18.4 Å². The third kappa shape index (κ3) is 4.71. The number of quaternary nitrogens is 1. The molecule has 5 unspecified atom stereocenters. The van der Waals surface area contributed by atoms with E-state index in [9.17, 15) is 14.3 Å². The third-order valence-corrected chi connectivity index (χ3v) is 10.4. The van der Waals surface area contributed by atoms with Crippen LogP contribution in [0.15, 0.2) is 23.3 Å². The topological polar surface area (TPSA) is 75.7 Å². The predicted octanol–water partition coefficient (Wildman–Crippen LogP) is 4.65. The van der Waals surface area contributed by atoms with Gasteiger partial charge in [-0.25, -0.2) is 0 Å². The molecular formula is C26H42NO5P. The molecule has 0 N–H and O–H groups in total. The highest BCUT2D eigenvalue weighted by atomic mass is 31.2. The van der Waals surface area contributed by atoms with Crippen LogP contribution in [0, 0.1) is 28.6 Å². The molecule has 0 amide bonds. The summed E-state index contributed by atoms with van der Waals surface area (Å²) >= 11 is 0. The van der Waals surface area contributed by atoms with Crippen molar-refractivity contribution in [3.8, 4) is 0 Å². The van der Waals surface area contributed by atoms with E-state index in [2.05, 4.69) is 19.9 Å². The molecule has 186 valence electrons. The molecule has 0 heterocycles. The molecule has 3 saturated carbocycles. The number of rotatable bonds is 6. The second kappa shape index (κ2) is 8.71. The second-order valence-corrected chi connectivity index (χ2v) is 13.7. The van der Waals surface area contributed by atoms with E-state index in [1.165, 1.54) is 5.57 Å². The van der Waals surface area contributed by atoms with Gasteiger partial charge in [0, 0.05) is 6.42 Å². The number of carbonyl (C=O) groups excluding carboxylic acids is 1. The zero-order chi connectivity index (χ0) is 24.2. The number of phosphoric ester groups is 1. The van der Waals surface area contributed by atoms with E-state index in [4.69, 9.17) is 9.05 Å². The Balaban J connectivity index is 1.53. The lowest BCUT2D eigenvalue weighted by atomic mass is 9.47. The zero-order valence-electron chi connectivity index (χ0n) is 21.3. The van der Waals surface area contributed by atoms with E-state index < -0.39 is 13.9 Å². The smallest absolute Gasteiger partial charge is 0.268 e. The summed E-state index contributed by atoms with van der Waals surface area (Å²) in [6.07, 6.45) is 10.2. The number of hydrogen-bond acceptors (Lipinski definition) is 5. The highest BCUT2D eigenvalue weighted by molar-refractivity contribution is 7.45. The van der Waals surface area contributed by atoms with E-state index in [0.29, 0.717) is 35.2 Å². The van der Waals surface area contributed by atoms with Crippen molar-refractivity contribution in [2.75, 3.05) is 34.3 Å². The Kier molecular flexibility index (Phi) is 6.68. The van der Waals surface area contributed by atoms with Crippen LogP contribution in [0.4, 0.5) is 0 Å². The Bertz CT molecular complexity index is 905. The van der Waals surface area contributed by atoms with Crippen molar-refractivity contribution in [3.63, 3.8) is 0 Å². The van der Waals surface area contributed by atoms with E-state index in [-0.39, 0.29) is 23.2 Å². The summed E-state index contributed by atoms with van der Waals surface area (Å²) in [6.45, 7) is 7.42. The number of likely N-dealkylation sites (N-methyl/N-ethyl adjacent to an activating group) is 1. The average molecular weight is 480 g/mol. The van der Waals surface area contributed by atoms with E-state index >= 15 is 0 Å². The lowest BCUT2D eigenvalue weighted by molar-refractivity contribution is -0.870. The summed E-state index contributed by atoms with van der Waals surface area (Å²) in [4.78, 5) is 24.8. The fourth-order valence-corrected chi connectivity index (χ4v) is 8.50. The van der Waals surface area contributed by atoms with Gasteiger partial charge >= 0.3 is 0 Å². The van der Waals surface area contributed by atoms with Gasteiger partial charge in [-0.05, 0) is 85.7 Å².